The summed E-state index contributed by atoms with van der Waals surface area (Å²) in [6.45, 7) is 0.363. The molecule has 7 heteroatoms. The van der Waals surface area contributed by atoms with Crippen molar-refractivity contribution in [2.75, 3.05) is 12.0 Å². The molecule has 0 saturated carbocycles. The number of nitrogens with zero attached hydrogens (tertiary/aromatic N) is 1. The maximum atomic E-state index is 12.7. The third-order valence-corrected chi connectivity index (χ3v) is 3.23. The number of rotatable bonds is 7. The molecule has 1 amide bonds. The molecule has 124 valence electrons. The summed E-state index contributed by atoms with van der Waals surface area (Å²) in [6, 6.07) is 13.3. The topological polar surface area (TPSA) is 76.4 Å². The van der Waals surface area contributed by atoms with E-state index in [0.29, 0.717) is 29.9 Å². The van der Waals surface area contributed by atoms with E-state index in [9.17, 15) is 9.18 Å². The van der Waals surface area contributed by atoms with Gasteiger partial charge in [-0.2, -0.15) is 4.98 Å². The first kappa shape index (κ1) is 15.8. The van der Waals surface area contributed by atoms with Gasteiger partial charge < -0.3 is 9.15 Å². The Morgan fingerprint density at radius 2 is 1.96 bits per heavy atom. The highest BCUT2D eigenvalue weighted by atomic mass is 19.1. The summed E-state index contributed by atoms with van der Waals surface area (Å²) in [5, 5.41) is 0. The van der Waals surface area contributed by atoms with E-state index in [0.717, 1.165) is 0 Å². The van der Waals surface area contributed by atoms with Crippen LogP contribution in [0, 0.1) is 5.82 Å². The van der Waals surface area contributed by atoms with Gasteiger partial charge in [-0.15, -0.1) is 0 Å². The van der Waals surface area contributed by atoms with E-state index in [2.05, 4.69) is 15.8 Å². The molecule has 2 aromatic carbocycles. The molecular weight excluding hydrogens is 313 g/mol. The third kappa shape index (κ3) is 4.22. The van der Waals surface area contributed by atoms with Crippen molar-refractivity contribution in [3.05, 3.63) is 54.3 Å². The van der Waals surface area contributed by atoms with Crippen LogP contribution in [0.4, 0.5) is 10.4 Å². The van der Waals surface area contributed by atoms with E-state index in [1.165, 1.54) is 12.1 Å². The zero-order valence-corrected chi connectivity index (χ0v) is 12.8. The molecule has 0 saturated heterocycles. The fourth-order valence-electron chi connectivity index (χ4n) is 2.06. The number of anilines is 1. The van der Waals surface area contributed by atoms with E-state index in [1.807, 2.05) is 18.2 Å². The normalized spacial score (nSPS) is 10.5. The molecule has 2 N–H and O–H groups in total. The van der Waals surface area contributed by atoms with Crippen LogP contribution in [-0.4, -0.2) is 17.5 Å². The fourth-order valence-corrected chi connectivity index (χ4v) is 2.06. The Morgan fingerprint density at radius 1 is 1.17 bits per heavy atom. The summed E-state index contributed by atoms with van der Waals surface area (Å²) in [6.07, 6.45) is 0.798. The Labute approximate surface area is 137 Å². The summed E-state index contributed by atoms with van der Waals surface area (Å²) in [7, 11) is 0. The zero-order chi connectivity index (χ0) is 16.8. The Balaban J connectivity index is 1.37. The smallest absolute Gasteiger partial charge is 0.315 e. The molecule has 24 heavy (non-hydrogen) atoms. The minimum Gasteiger partial charge on any atom is -0.494 e. The van der Waals surface area contributed by atoms with Gasteiger partial charge in [-0.3, -0.25) is 15.6 Å². The molecule has 1 aromatic heterocycles. The predicted octanol–water partition coefficient (Wildman–Crippen LogP) is 3.27. The third-order valence-electron chi connectivity index (χ3n) is 3.23. The first-order chi connectivity index (χ1) is 11.7. The van der Waals surface area contributed by atoms with Gasteiger partial charge in [-0.1, -0.05) is 12.1 Å². The summed E-state index contributed by atoms with van der Waals surface area (Å²) in [5.74, 6) is 0.0494. The number of oxazole rings is 1. The number of para-hydroxylation sites is 2. The van der Waals surface area contributed by atoms with Crippen molar-refractivity contribution in [1.82, 2.24) is 10.4 Å². The number of aromatic nitrogens is 1. The Bertz CT molecular complexity index is 784. The number of carbonyl (C=O) groups is 1. The van der Waals surface area contributed by atoms with Gasteiger partial charge in [0.2, 0.25) is 5.91 Å². The van der Waals surface area contributed by atoms with Crippen LogP contribution >= 0.6 is 0 Å². The lowest BCUT2D eigenvalue weighted by atomic mass is 10.3. The number of amides is 1. The van der Waals surface area contributed by atoms with E-state index >= 15 is 0 Å². The van der Waals surface area contributed by atoms with Crippen molar-refractivity contribution in [2.24, 2.45) is 0 Å². The summed E-state index contributed by atoms with van der Waals surface area (Å²) < 4.78 is 23.6. The highest BCUT2D eigenvalue weighted by molar-refractivity contribution is 5.78. The quantitative estimate of drug-likeness (QED) is 0.514. The number of benzene rings is 2. The van der Waals surface area contributed by atoms with Crippen LogP contribution in [0.2, 0.25) is 0 Å². The standard InChI is InChI=1S/C17H16FN3O3/c18-12-7-9-13(10-8-12)23-11-3-6-16(22)20-21-17-19-14-4-1-2-5-15(14)24-17/h1-2,4-5,7-10H,3,6,11H2,(H,19,21)(H,20,22). The van der Waals surface area contributed by atoms with Crippen LogP contribution in [0.3, 0.4) is 0 Å². The van der Waals surface area contributed by atoms with Gasteiger partial charge in [-0.25, -0.2) is 4.39 Å². The number of hydrazine groups is 1. The lowest BCUT2D eigenvalue weighted by Crippen LogP contribution is -2.29. The van der Waals surface area contributed by atoms with Gasteiger partial charge in [0.15, 0.2) is 5.58 Å². The van der Waals surface area contributed by atoms with Crippen molar-refractivity contribution in [3.63, 3.8) is 0 Å². The SMILES string of the molecule is O=C(CCCOc1ccc(F)cc1)NNc1nc2ccccc2o1. The van der Waals surface area contributed by atoms with Crippen molar-refractivity contribution < 1.29 is 18.3 Å². The lowest BCUT2D eigenvalue weighted by molar-refractivity contribution is -0.120. The van der Waals surface area contributed by atoms with Crippen LogP contribution in [-0.2, 0) is 4.79 Å². The van der Waals surface area contributed by atoms with Crippen molar-refractivity contribution >= 4 is 23.0 Å². The number of carbonyl (C=O) groups excluding carboxylic acids is 1. The Hall–Kier alpha value is -3.09. The molecule has 6 nitrogen and oxygen atoms in total. The van der Waals surface area contributed by atoms with E-state index in [1.54, 1.807) is 18.2 Å². The number of halogens is 1. The first-order valence-corrected chi connectivity index (χ1v) is 7.49. The molecule has 0 fully saturated rings. The molecule has 0 unspecified atom stereocenters. The molecular formula is C17H16FN3O3. The molecule has 0 bridgehead atoms. The number of fused-ring (bicyclic) bond motifs is 1. The molecule has 1 heterocycles. The summed E-state index contributed by atoms with van der Waals surface area (Å²) >= 11 is 0. The second-order valence-electron chi connectivity index (χ2n) is 5.07. The highest BCUT2D eigenvalue weighted by Crippen LogP contribution is 2.17. The van der Waals surface area contributed by atoms with Crippen LogP contribution in [0.5, 0.6) is 5.75 Å². The fraction of sp³-hybridized carbons (Fsp3) is 0.176. The molecule has 3 aromatic rings. The lowest BCUT2D eigenvalue weighted by Gasteiger charge is -2.07. The largest absolute Gasteiger partial charge is 0.494 e. The first-order valence-electron chi connectivity index (χ1n) is 7.49. The van der Waals surface area contributed by atoms with Gasteiger partial charge in [0.05, 0.1) is 6.61 Å². The highest BCUT2D eigenvalue weighted by Gasteiger charge is 2.06. The molecule has 0 atom stereocenters. The zero-order valence-electron chi connectivity index (χ0n) is 12.8. The van der Waals surface area contributed by atoms with Gasteiger partial charge in [-0.05, 0) is 42.8 Å². The average molecular weight is 329 g/mol. The Kier molecular flexibility index (Phi) is 4.90. The molecule has 0 spiro atoms. The monoisotopic (exact) mass is 329 g/mol. The van der Waals surface area contributed by atoms with Gasteiger partial charge >= 0.3 is 6.01 Å². The van der Waals surface area contributed by atoms with E-state index < -0.39 is 0 Å². The van der Waals surface area contributed by atoms with Gasteiger partial charge in [0.25, 0.3) is 0 Å². The van der Waals surface area contributed by atoms with Crippen molar-refractivity contribution in [3.8, 4) is 5.75 Å². The van der Waals surface area contributed by atoms with Gasteiger partial charge in [0, 0.05) is 6.42 Å². The van der Waals surface area contributed by atoms with Crippen molar-refractivity contribution in [1.29, 1.82) is 0 Å². The molecule has 0 radical (unpaired) electrons. The van der Waals surface area contributed by atoms with Crippen molar-refractivity contribution in [2.45, 2.75) is 12.8 Å². The van der Waals surface area contributed by atoms with E-state index in [4.69, 9.17) is 9.15 Å². The predicted molar refractivity (Wildman–Crippen MR) is 86.9 cm³/mol. The number of hydrogen-bond donors (Lipinski definition) is 2. The van der Waals surface area contributed by atoms with Gasteiger partial charge in [0.1, 0.15) is 17.1 Å². The van der Waals surface area contributed by atoms with Crippen LogP contribution in [0.1, 0.15) is 12.8 Å². The molecule has 3 rings (SSSR count). The van der Waals surface area contributed by atoms with E-state index in [-0.39, 0.29) is 24.2 Å². The second kappa shape index (κ2) is 7.45. The number of ether oxygens (including phenoxy) is 1. The minimum absolute atomic E-state index is 0.208. The Morgan fingerprint density at radius 3 is 2.75 bits per heavy atom. The maximum Gasteiger partial charge on any atom is 0.315 e. The van der Waals surface area contributed by atoms with Crippen LogP contribution in [0.25, 0.3) is 11.1 Å². The van der Waals surface area contributed by atoms with Crippen LogP contribution < -0.4 is 15.6 Å². The van der Waals surface area contributed by atoms with Crippen LogP contribution in [0.15, 0.2) is 52.9 Å². The molecule has 0 aliphatic carbocycles. The maximum absolute atomic E-state index is 12.7. The summed E-state index contributed by atoms with van der Waals surface area (Å²) in [5.41, 5.74) is 6.51. The minimum atomic E-state index is -0.313. The summed E-state index contributed by atoms with van der Waals surface area (Å²) in [4.78, 5) is 15.9. The number of nitrogens with one attached hydrogen (secondary N) is 2. The average Bonchev–Trinajstić information content (AvgIpc) is 3.01. The second-order valence-corrected chi connectivity index (χ2v) is 5.07. The molecule has 0 aliphatic heterocycles. The number of hydrogen-bond acceptors (Lipinski definition) is 5. The molecule has 0 aliphatic rings.